The molecule has 0 spiro atoms. The van der Waals surface area contributed by atoms with Crippen LogP contribution in [0.15, 0.2) is 48.5 Å². The molecule has 0 bridgehead atoms. The number of aliphatic hydroxyl groups is 1. The van der Waals surface area contributed by atoms with Gasteiger partial charge in [0.05, 0.1) is 11.5 Å². The lowest BCUT2D eigenvalue weighted by Crippen LogP contribution is -2.42. The van der Waals surface area contributed by atoms with Crippen LogP contribution in [0, 0.1) is 12.7 Å². The molecule has 5 nitrogen and oxygen atoms in total. The Balaban J connectivity index is 1.63. The van der Waals surface area contributed by atoms with Gasteiger partial charge in [-0.1, -0.05) is 29.8 Å². The summed E-state index contributed by atoms with van der Waals surface area (Å²) in [4.78, 5) is 1.96. The van der Waals surface area contributed by atoms with Gasteiger partial charge in [0.1, 0.15) is 24.3 Å². The number of nitrogens with zero attached hydrogens (tertiary/aromatic N) is 1. The van der Waals surface area contributed by atoms with Gasteiger partial charge in [-0.3, -0.25) is 4.90 Å². The molecule has 0 radical (unpaired) electrons. The van der Waals surface area contributed by atoms with E-state index in [4.69, 9.17) is 4.74 Å². The number of benzene rings is 2. The van der Waals surface area contributed by atoms with Gasteiger partial charge in [0.15, 0.2) is 9.84 Å². The van der Waals surface area contributed by atoms with Crippen molar-refractivity contribution in [3.63, 3.8) is 0 Å². The minimum absolute atomic E-state index is 0.0831. The van der Waals surface area contributed by atoms with Crippen LogP contribution in [0.5, 0.6) is 5.75 Å². The lowest BCUT2D eigenvalue weighted by molar-refractivity contribution is 0.0524. The maximum absolute atomic E-state index is 13.2. The average Bonchev–Trinajstić information content (AvgIpc) is 3.02. The highest BCUT2D eigenvalue weighted by molar-refractivity contribution is 7.91. The third kappa shape index (κ3) is 6.02. The van der Waals surface area contributed by atoms with Gasteiger partial charge in [0.2, 0.25) is 0 Å². The maximum Gasteiger partial charge on any atom is 0.151 e. The monoisotopic (exact) mass is 407 g/mol. The number of sulfone groups is 1. The number of hydrogen-bond donors (Lipinski definition) is 1. The predicted molar refractivity (Wildman–Crippen MR) is 107 cm³/mol. The Labute approximate surface area is 165 Å². The van der Waals surface area contributed by atoms with Crippen LogP contribution in [-0.4, -0.2) is 55.2 Å². The van der Waals surface area contributed by atoms with Gasteiger partial charge in [0.25, 0.3) is 0 Å². The van der Waals surface area contributed by atoms with E-state index in [-0.39, 0.29) is 36.5 Å². The average molecular weight is 408 g/mol. The van der Waals surface area contributed by atoms with Crippen molar-refractivity contribution in [3.8, 4) is 5.75 Å². The second-order valence-corrected chi connectivity index (χ2v) is 9.62. The molecule has 1 heterocycles. The first kappa shape index (κ1) is 20.8. The molecule has 1 aliphatic rings. The SMILES string of the molecule is Cc1ccc(OCC(O)CN(Cc2ccc(F)cc2)C2CCS(=O)(=O)C2)cc1. The Kier molecular flexibility index (Phi) is 6.69. The Morgan fingerprint density at radius 3 is 2.46 bits per heavy atom. The van der Waals surface area contributed by atoms with Crippen molar-refractivity contribution < 1.29 is 22.7 Å². The normalized spacial score (nSPS) is 19.6. The van der Waals surface area contributed by atoms with Crippen molar-refractivity contribution >= 4 is 9.84 Å². The highest BCUT2D eigenvalue weighted by atomic mass is 32.2. The topological polar surface area (TPSA) is 66.8 Å². The van der Waals surface area contributed by atoms with E-state index in [1.54, 1.807) is 12.1 Å². The van der Waals surface area contributed by atoms with E-state index < -0.39 is 15.9 Å². The third-order valence-electron chi connectivity index (χ3n) is 4.93. The molecule has 0 amide bonds. The first-order chi connectivity index (χ1) is 13.3. The van der Waals surface area contributed by atoms with Gasteiger partial charge in [-0.15, -0.1) is 0 Å². The summed E-state index contributed by atoms with van der Waals surface area (Å²) in [7, 11) is -3.05. The van der Waals surface area contributed by atoms with Crippen LogP contribution in [0.25, 0.3) is 0 Å². The molecule has 0 aromatic heterocycles. The number of ether oxygens (including phenoxy) is 1. The van der Waals surface area contributed by atoms with Gasteiger partial charge >= 0.3 is 0 Å². The molecule has 1 aliphatic heterocycles. The maximum atomic E-state index is 13.2. The Hall–Kier alpha value is -1.96. The molecule has 2 atom stereocenters. The van der Waals surface area contributed by atoms with Gasteiger partial charge < -0.3 is 9.84 Å². The largest absolute Gasteiger partial charge is 0.491 e. The van der Waals surface area contributed by atoms with E-state index >= 15 is 0 Å². The van der Waals surface area contributed by atoms with Crippen molar-refractivity contribution in [2.75, 3.05) is 24.7 Å². The zero-order valence-electron chi connectivity index (χ0n) is 15.9. The quantitative estimate of drug-likeness (QED) is 0.729. The summed E-state index contributed by atoms with van der Waals surface area (Å²) in [6.45, 7) is 2.83. The number of hydrogen-bond acceptors (Lipinski definition) is 5. The van der Waals surface area contributed by atoms with Gasteiger partial charge in [-0.25, -0.2) is 12.8 Å². The molecule has 1 N–H and O–H groups in total. The fourth-order valence-electron chi connectivity index (χ4n) is 3.38. The fraction of sp³-hybridized carbons (Fsp3) is 0.429. The molecular formula is C21H26FNO4S. The third-order valence-corrected chi connectivity index (χ3v) is 6.68. The molecule has 1 saturated heterocycles. The first-order valence-electron chi connectivity index (χ1n) is 9.37. The molecular weight excluding hydrogens is 381 g/mol. The van der Waals surface area contributed by atoms with E-state index in [1.165, 1.54) is 12.1 Å². The summed E-state index contributed by atoms with van der Waals surface area (Å²) in [5.74, 6) is 0.608. The Morgan fingerprint density at radius 1 is 1.18 bits per heavy atom. The molecule has 0 saturated carbocycles. The standard InChI is InChI=1S/C21H26FNO4S/c1-16-2-8-21(9-3-16)27-14-20(24)13-23(19-10-11-28(25,26)15-19)12-17-4-6-18(22)7-5-17/h2-9,19-20,24H,10-15H2,1H3. The Morgan fingerprint density at radius 2 is 1.86 bits per heavy atom. The smallest absolute Gasteiger partial charge is 0.151 e. The van der Waals surface area contributed by atoms with Crippen molar-refractivity contribution in [2.45, 2.75) is 32.0 Å². The van der Waals surface area contributed by atoms with Crippen molar-refractivity contribution in [1.29, 1.82) is 0 Å². The minimum Gasteiger partial charge on any atom is -0.491 e. The number of halogens is 1. The zero-order valence-corrected chi connectivity index (χ0v) is 16.7. The van der Waals surface area contributed by atoms with E-state index in [0.717, 1.165) is 11.1 Å². The predicted octanol–water partition coefficient (Wildman–Crippen LogP) is 2.56. The highest BCUT2D eigenvalue weighted by Gasteiger charge is 2.33. The lowest BCUT2D eigenvalue weighted by Gasteiger charge is -2.30. The van der Waals surface area contributed by atoms with Crippen LogP contribution < -0.4 is 4.74 Å². The number of rotatable bonds is 8. The van der Waals surface area contributed by atoms with E-state index in [9.17, 15) is 17.9 Å². The molecule has 152 valence electrons. The van der Waals surface area contributed by atoms with Crippen LogP contribution in [0.1, 0.15) is 17.5 Å². The minimum atomic E-state index is -3.05. The van der Waals surface area contributed by atoms with Crippen LogP contribution in [0.3, 0.4) is 0 Å². The molecule has 3 rings (SSSR count). The second kappa shape index (κ2) is 9.03. The fourth-order valence-corrected chi connectivity index (χ4v) is 5.14. The molecule has 28 heavy (non-hydrogen) atoms. The van der Waals surface area contributed by atoms with Crippen molar-refractivity contribution in [2.24, 2.45) is 0 Å². The van der Waals surface area contributed by atoms with Crippen LogP contribution >= 0.6 is 0 Å². The van der Waals surface area contributed by atoms with Crippen LogP contribution in [0.2, 0.25) is 0 Å². The second-order valence-electron chi connectivity index (χ2n) is 7.39. The van der Waals surface area contributed by atoms with Crippen LogP contribution in [0.4, 0.5) is 4.39 Å². The molecule has 1 fully saturated rings. The number of aliphatic hydroxyl groups excluding tert-OH is 1. The lowest BCUT2D eigenvalue weighted by atomic mass is 10.1. The molecule has 0 aliphatic carbocycles. The molecule has 2 aromatic rings. The number of aryl methyl sites for hydroxylation is 1. The van der Waals surface area contributed by atoms with E-state index in [2.05, 4.69) is 0 Å². The summed E-state index contributed by atoms with van der Waals surface area (Å²) in [5, 5.41) is 10.5. The van der Waals surface area contributed by atoms with Crippen LogP contribution in [-0.2, 0) is 16.4 Å². The summed E-state index contributed by atoms with van der Waals surface area (Å²) in [6, 6.07) is 13.5. The molecule has 2 aromatic carbocycles. The Bertz CT molecular complexity index is 868. The summed E-state index contributed by atoms with van der Waals surface area (Å²) >= 11 is 0. The van der Waals surface area contributed by atoms with Gasteiger partial charge in [-0.05, 0) is 43.2 Å². The van der Waals surface area contributed by atoms with Gasteiger partial charge in [-0.2, -0.15) is 0 Å². The molecule has 2 unspecified atom stereocenters. The zero-order chi connectivity index (χ0) is 20.1. The van der Waals surface area contributed by atoms with Crippen molar-refractivity contribution in [3.05, 3.63) is 65.5 Å². The van der Waals surface area contributed by atoms with E-state index in [1.807, 2.05) is 36.1 Å². The first-order valence-corrected chi connectivity index (χ1v) is 11.2. The molecule has 7 heteroatoms. The van der Waals surface area contributed by atoms with Gasteiger partial charge in [0, 0.05) is 19.1 Å². The summed E-state index contributed by atoms with van der Waals surface area (Å²) < 4.78 is 42.6. The summed E-state index contributed by atoms with van der Waals surface area (Å²) in [6.07, 6.45) is -0.236. The van der Waals surface area contributed by atoms with E-state index in [0.29, 0.717) is 18.7 Å². The highest BCUT2D eigenvalue weighted by Crippen LogP contribution is 2.21. The summed E-state index contributed by atoms with van der Waals surface area (Å²) in [5.41, 5.74) is 2.00. The van der Waals surface area contributed by atoms with Crippen molar-refractivity contribution in [1.82, 2.24) is 4.90 Å².